The highest BCUT2D eigenvalue weighted by molar-refractivity contribution is 5.66. The van der Waals surface area contributed by atoms with Crippen LogP contribution >= 0.6 is 0 Å². The molecule has 18 heavy (non-hydrogen) atoms. The lowest BCUT2D eigenvalue weighted by atomic mass is 9.92. The molecule has 0 rings (SSSR count). The predicted molar refractivity (Wildman–Crippen MR) is 77.7 cm³/mol. The Labute approximate surface area is 113 Å². The van der Waals surface area contributed by atoms with Gasteiger partial charge in [0.15, 0.2) is 0 Å². The molecule has 2 heteroatoms. The third-order valence-electron chi connectivity index (χ3n) is 3.72. The van der Waals surface area contributed by atoms with Crippen LogP contribution in [0.2, 0.25) is 0 Å². The summed E-state index contributed by atoms with van der Waals surface area (Å²) in [6.07, 6.45) is 8.94. The quantitative estimate of drug-likeness (QED) is 0.557. The first-order chi connectivity index (χ1) is 8.41. The second-order valence-electron chi connectivity index (χ2n) is 6.40. The maximum Gasteiger partial charge on any atom is 0.303 e. The zero-order chi connectivity index (χ0) is 14.0. The molecule has 0 saturated heterocycles. The van der Waals surface area contributed by atoms with Crippen molar-refractivity contribution in [1.29, 1.82) is 0 Å². The number of carboxylic acid groups (broad SMARTS) is 1. The Morgan fingerprint density at radius 1 is 0.833 bits per heavy atom. The van der Waals surface area contributed by atoms with Gasteiger partial charge in [-0.25, -0.2) is 0 Å². The zero-order valence-corrected chi connectivity index (χ0v) is 12.7. The molecule has 0 aliphatic rings. The third kappa shape index (κ3) is 11.9. The van der Waals surface area contributed by atoms with Crippen LogP contribution in [0.1, 0.15) is 79.1 Å². The average molecular weight is 256 g/mol. The molecule has 0 radical (unpaired) electrons. The van der Waals surface area contributed by atoms with Crippen molar-refractivity contribution < 1.29 is 9.90 Å². The highest BCUT2D eigenvalue weighted by Gasteiger charge is 2.07. The molecule has 1 N–H and O–H groups in total. The lowest BCUT2D eigenvalue weighted by Crippen LogP contribution is -2.02. The minimum absolute atomic E-state index is 0.325. The van der Waals surface area contributed by atoms with Crippen molar-refractivity contribution in [3.8, 4) is 0 Å². The van der Waals surface area contributed by atoms with Crippen LogP contribution in [0, 0.1) is 17.8 Å². The lowest BCUT2D eigenvalue weighted by molar-refractivity contribution is -0.137. The maximum absolute atomic E-state index is 10.5. The molecule has 0 bridgehead atoms. The van der Waals surface area contributed by atoms with Gasteiger partial charge in [-0.2, -0.15) is 0 Å². The van der Waals surface area contributed by atoms with Crippen molar-refractivity contribution >= 4 is 5.97 Å². The van der Waals surface area contributed by atoms with Crippen molar-refractivity contribution in [3.05, 3.63) is 0 Å². The van der Waals surface area contributed by atoms with Gasteiger partial charge in [0.2, 0.25) is 0 Å². The fourth-order valence-corrected chi connectivity index (χ4v) is 2.35. The molecule has 0 aromatic carbocycles. The molecule has 0 aromatic rings. The molecule has 0 unspecified atom stereocenters. The second-order valence-corrected chi connectivity index (χ2v) is 6.40. The van der Waals surface area contributed by atoms with E-state index in [2.05, 4.69) is 27.7 Å². The lowest BCUT2D eigenvalue weighted by Gasteiger charge is -2.14. The van der Waals surface area contributed by atoms with Crippen LogP contribution in [0.15, 0.2) is 0 Å². The summed E-state index contributed by atoms with van der Waals surface area (Å²) in [7, 11) is 0. The summed E-state index contributed by atoms with van der Waals surface area (Å²) in [4.78, 5) is 10.5. The van der Waals surface area contributed by atoms with E-state index in [1.54, 1.807) is 0 Å². The molecule has 0 heterocycles. The molecule has 0 fully saturated rings. The molecule has 0 saturated carbocycles. The summed E-state index contributed by atoms with van der Waals surface area (Å²) in [5, 5.41) is 8.62. The van der Waals surface area contributed by atoms with Crippen LogP contribution in [0.5, 0.6) is 0 Å². The van der Waals surface area contributed by atoms with Gasteiger partial charge in [0.25, 0.3) is 0 Å². The first-order valence-corrected chi connectivity index (χ1v) is 7.63. The molecule has 0 spiro atoms. The highest BCUT2D eigenvalue weighted by Crippen LogP contribution is 2.20. The van der Waals surface area contributed by atoms with Crippen LogP contribution < -0.4 is 0 Å². The SMILES string of the molecule is CC(C)CCC[C@@H](C)CCC[C@@H](C)CCC(=O)O. The van der Waals surface area contributed by atoms with Gasteiger partial charge < -0.3 is 5.11 Å². The first-order valence-electron chi connectivity index (χ1n) is 7.63. The maximum atomic E-state index is 10.5. The Morgan fingerprint density at radius 2 is 1.28 bits per heavy atom. The number of hydrogen-bond donors (Lipinski definition) is 1. The molecule has 2 nitrogen and oxygen atoms in total. The Bertz CT molecular complexity index is 211. The Balaban J connectivity index is 3.43. The van der Waals surface area contributed by atoms with E-state index < -0.39 is 5.97 Å². The van der Waals surface area contributed by atoms with E-state index in [-0.39, 0.29) is 0 Å². The molecular formula is C16H32O2. The summed E-state index contributed by atoms with van der Waals surface area (Å²) in [5.41, 5.74) is 0. The van der Waals surface area contributed by atoms with Gasteiger partial charge >= 0.3 is 5.97 Å². The summed E-state index contributed by atoms with van der Waals surface area (Å²) in [6.45, 7) is 9.10. The van der Waals surface area contributed by atoms with E-state index in [1.165, 1.54) is 38.5 Å². The van der Waals surface area contributed by atoms with Gasteiger partial charge in [-0.3, -0.25) is 4.79 Å². The molecule has 0 amide bonds. The predicted octanol–water partition coefficient (Wildman–Crippen LogP) is 5.12. The smallest absolute Gasteiger partial charge is 0.303 e. The highest BCUT2D eigenvalue weighted by atomic mass is 16.4. The van der Waals surface area contributed by atoms with Gasteiger partial charge in [-0.05, 0) is 24.2 Å². The molecule has 108 valence electrons. The van der Waals surface area contributed by atoms with E-state index in [0.717, 1.165) is 18.3 Å². The Kier molecular flexibility index (Phi) is 10.1. The summed E-state index contributed by atoms with van der Waals surface area (Å²) < 4.78 is 0. The van der Waals surface area contributed by atoms with Crippen LogP contribution in [0.3, 0.4) is 0 Å². The fraction of sp³-hybridized carbons (Fsp3) is 0.938. The van der Waals surface area contributed by atoms with Gasteiger partial charge in [0, 0.05) is 6.42 Å². The topological polar surface area (TPSA) is 37.3 Å². The van der Waals surface area contributed by atoms with Gasteiger partial charge in [0.05, 0.1) is 0 Å². The number of hydrogen-bond acceptors (Lipinski definition) is 1. The average Bonchev–Trinajstić information content (AvgIpc) is 2.25. The molecule has 0 aromatic heterocycles. The number of rotatable bonds is 11. The third-order valence-corrected chi connectivity index (χ3v) is 3.72. The zero-order valence-electron chi connectivity index (χ0n) is 12.7. The molecule has 0 aliphatic carbocycles. The molecule has 2 atom stereocenters. The van der Waals surface area contributed by atoms with E-state index in [1.807, 2.05) is 0 Å². The molecule has 0 aliphatic heterocycles. The number of aliphatic carboxylic acids is 1. The minimum Gasteiger partial charge on any atom is -0.481 e. The second kappa shape index (κ2) is 10.4. The van der Waals surface area contributed by atoms with Gasteiger partial charge in [-0.1, -0.05) is 66.2 Å². The first kappa shape index (κ1) is 17.5. The molecular weight excluding hydrogens is 224 g/mol. The van der Waals surface area contributed by atoms with Crippen molar-refractivity contribution in [1.82, 2.24) is 0 Å². The summed E-state index contributed by atoms with van der Waals surface area (Å²) in [6, 6.07) is 0. The van der Waals surface area contributed by atoms with Crippen LogP contribution in [0.4, 0.5) is 0 Å². The van der Waals surface area contributed by atoms with E-state index in [0.29, 0.717) is 12.3 Å². The monoisotopic (exact) mass is 256 g/mol. The van der Waals surface area contributed by atoms with Crippen molar-refractivity contribution in [2.75, 3.05) is 0 Å². The summed E-state index contributed by atoms with van der Waals surface area (Å²) >= 11 is 0. The number of carboxylic acids is 1. The Hall–Kier alpha value is -0.530. The Morgan fingerprint density at radius 3 is 1.72 bits per heavy atom. The van der Waals surface area contributed by atoms with Gasteiger partial charge in [-0.15, -0.1) is 0 Å². The van der Waals surface area contributed by atoms with Crippen molar-refractivity contribution in [2.45, 2.75) is 79.1 Å². The van der Waals surface area contributed by atoms with Crippen molar-refractivity contribution in [3.63, 3.8) is 0 Å². The summed E-state index contributed by atoms with van der Waals surface area (Å²) in [5.74, 6) is 1.55. The van der Waals surface area contributed by atoms with Gasteiger partial charge in [0.1, 0.15) is 0 Å². The largest absolute Gasteiger partial charge is 0.481 e. The normalized spacial score (nSPS) is 14.7. The van der Waals surface area contributed by atoms with E-state index in [9.17, 15) is 4.79 Å². The van der Waals surface area contributed by atoms with E-state index in [4.69, 9.17) is 5.11 Å². The fourth-order valence-electron chi connectivity index (χ4n) is 2.35. The van der Waals surface area contributed by atoms with Crippen LogP contribution in [0.25, 0.3) is 0 Å². The minimum atomic E-state index is -0.663. The van der Waals surface area contributed by atoms with E-state index >= 15 is 0 Å². The number of carbonyl (C=O) groups is 1. The van der Waals surface area contributed by atoms with Crippen LogP contribution in [-0.2, 0) is 4.79 Å². The van der Waals surface area contributed by atoms with Crippen LogP contribution in [-0.4, -0.2) is 11.1 Å². The standard InChI is InChI=1S/C16H32O2/c1-13(2)7-5-8-14(3)9-6-10-15(4)11-12-16(17)18/h13-15H,5-12H2,1-4H3,(H,17,18)/t14-,15-/m1/s1. The van der Waals surface area contributed by atoms with Crippen molar-refractivity contribution in [2.24, 2.45) is 17.8 Å².